The van der Waals surface area contributed by atoms with Crippen LogP contribution in [0.5, 0.6) is 0 Å². The molecular formula is C22H31N3O4S. The van der Waals surface area contributed by atoms with Gasteiger partial charge in [-0.2, -0.15) is 0 Å². The number of carboxylic acid groups (broad SMARTS) is 1. The van der Waals surface area contributed by atoms with E-state index < -0.39 is 11.6 Å². The largest absolute Gasteiger partial charge is 0.479 e. The van der Waals surface area contributed by atoms with E-state index in [1.807, 2.05) is 24.3 Å². The molecule has 1 aromatic carbocycles. The Morgan fingerprint density at radius 3 is 2.53 bits per heavy atom. The Balaban J connectivity index is 2.03. The second-order valence-corrected chi connectivity index (χ2v) is 8.36. The van der Waals surface area contributed by atoms with Gasteiger partial charge in [0, 0.05) is 32.8 Å². The van der Waals surface area contributed by atoms with Crippen molar-refractivity contribution >= 4 is 28.5 Å². The van der Waals surface area contributed by atoms with Crippen LogP contribution in [0.1, 0.15) is 45.6 Å². The fourth-order valence-electron chi connectivity index (χ4n) is 3.01. The molecule has 0 aliphatic heterocycles. The lowest BCUT2D eigenvalue weighted by Crippen LogP contribution is -2.40. The van der Waals surface area contributed by atoms with E-state index in [4.69, 9.17) is 4.74 Å². The van der Waals surface area contributed by atoms with E-state index in [2.05, 4.69) is 17.2 Å². The van der Waals surface area contributed by atoms with Crippen molar-refractivity contribution < 1.29 is 19.4 Å². The SMILES string of the molecule is CCCCCNC(=O)N(C)c1ncc(-c2ccc(CC(C)(OCC)C(=O)O)cc2)s1. The van der Waals surface area contributed by atoms with Crippen molar-refractivity contribution in [1.82, 2.24) is 10.3 Å². The number of ether oxygens (including phenoxy) is 1. The molecule has 0 aliphatic carbocycles. The summed E-state index contributed by atoms with van der Waals surface area (Å²) in [7, 11) is 1.71. The third kappa shape index (κ3) is 6.27. The van der Waals surface area contributed by atoms with Crippen LogP contribution in [-0.2, 0) is 16.0 Å². The molecule has 0 bridgehead atoms. The normalized spacial score (nSPS) is 12.9. The molecule has 2 aromatic rings. The molecule has 7 nitrogen and oxygen atoms in total. The molecule has 30 heavy (non-hydrogen) atoms. The minimum Gasteiger partial charge on any atom is -0.479 e. The van der Waals surface area contributed by atoms with E-state index in [1.54, 1.807) is 27.1 Å². The maximum atomic E-state index is 12.3. The summed E-state index contributed by atoms with van der Waals surface area (Å²) >= 11 is 1.43. The summed E-state index contributed by atoms with van der Waals surface area (Å²) in [4.78, 5) is 30.6. The fraction of sp³-hybridized carbons (Fsp3) is 0.500. The highest BCUT2D eigenvalue weighted by atomic mass is 32.1. The van der Waals surface area contributed by atoms with Gasteiger partial charge in [0.2, 0.25) is 0 Å². The molecule has 1 heterocycles. The lowest BCUT2D eigenvalue weighted by molar-refractivity contribution is -0.162. The Labute approximate surface area is 182 Å². The molecule has 2 amide bonds. The summed E-state index contributed by atoms with van der Waals surface area (Å²) in [6, 6.07) is 7.52. The first-order valence-corrected chi connectivity index (χ1v) is 11.1. The molecule has 0 fully saturated rings. The Hall–Kier alpha value is -2.45. The Morgan fingerprint density at radius 2 is 1.93 bits per heavy atom. The first-order valence-electron chi connectivity index (χ1n) is 10.2. The monoisotopic (exact) mass is 433 g/mol. The molecule has 164 valence electrons. The smallest absolute Gasteiger partial charge is 0.336 e. The number of benzene rings is 1. The van der Waals surface area contributed by atoms with Crippen molar-refractivity contribution in [3.05, 3.63) is 36.0 Å². The van der Waals surface area contributed by atoms with E-state index in [9.17, 15) is 14.7 Å². The van der Waals surface area contributed by atoms with Gasteiger partial charge >= 0.3 is 12.0 Å². The Kier molecular flexibility index (Phi) is 8.80. The van der Waals surface area contributed by atoms with E-state index in [1.165, 1.54) is 16.2 Å². The van der Waals surface area contributed by atoms with Crippen molar-refractivity contribution in [2.75, 3.05) is 25.1 Å². The number of anilines is 1. The number of urea groups is 1. The molecule has 1 atom stereocenters. The average molecular weight is 434 g/mol. The Bertz CT molecular complexity index is 837. The van der Waals surface area contributed by atoms with Crippen molar-refractivity contribution in [3.63, 3.8) is 0 Å². The van der Waals surface area contributed by atoms with Crippen molar-refractivity contribution in [3.8, 4) is 10.4 Å². The van der Waals surface area contributed by atoms with Crippen LogP contribution in [0.25, 0.3) is 10.4 Å². The zero-order chi connectivity index (χ0) is 22.1. The summed E-state index contributed by atoms with van der Waals surface area (Å²) in [5, 5.41) is 13.0. The number of nitrogens with zero attached hydrogens (tertiary/aromatic N) is 2. The van der Waals surface area contributed by atoms with Crippen LogP contribution < -0.4 is 10.2 Å². The average Bonchev–Trinajstić information content (AvgIpc) is 3.21. The quantitative estimate of drug-likeness (QED) is 0.507. The molecule has 0 saturated carbocycles. The molecule has 0 spiro atoms. The highest BCUT2D eigenvalue weighted by Gasteiger charge is 2.34. The van der Waals surface area contributed by atoms with Crippen molar-refractivity contribution in [2.24, 2.45) is 0 Å². The van der Waals surface area contributed by atoms with Gasteiger partial charge in [0.25, 0.3) is 0 Å². The predicted octanol–water partition coefficient (Wildman–Crippen LogP) is 4.57. The lowest BCUT2D eigenvalue weighted by Gasteiger charge is -2.24. The van der Waals surface area contributed by atoms with Crippen LogP contribution >= 0.6 is 11.3 Å². The van der Waals surface area contributed by atoms with Gasteiger partial charge in [0.1, 0.15) is 0 Å². The molecule has 1 aromatic heterocycles. The van der Waals surface area contributed by atoms with Crippen molar-refractivity contribution in [1.29, 1.82) is 0 Å². The van der Waals surface area contributed by atoms with E-state index in [0.717, 1.165) is 35.3 Å². The first kappa shape index (κ1) is 23.8. The standard InChI is InChI=1S/C22H31N3O4S/c1-5-7-8-13-23-20(28)25(4)21-24-15-18(30-21)17-11-9-16(10-12-17)14-22(3,19(26)27)29-6-2/h9-12,15H,5-8,13-14H2,1-4H3,(H,23,28)(H,26,27). The molecule has 0 radical (unpaired) electrons. The van der Waals surface area contributed by atoms with E-state index in [-0.39, 0.29) is 12.5 Å². The minimum absolute atomic E-state index is 0.161. The van der Waals surface area contributed by atoms with Crippen LogP contribution in [-0.4, -0.2) is 47.9 Å². The number of aromatic nitrogens is 1. The molecule has 1 unspecified atom stereocenters. The Morgan fingerprint density at radius 1 is 1.23 bits per heavy atom. The molecule has 2 rings (SSSR count). The van der Waals surface area contributed by atoms with Crippen LogP contribution in [0.3, 0.4) is 0 Å². The van der Waals surface area contributed by atoms with Gasteiger partial charge in [-0.15, -0.1) is 0 Å². The number of hydrogen-bond donors (Lipinski definition) is 2. The van der Waals surface area contributed by atoms with E-state index in [0.29, 0.717) is 18.3 Å². The predicted molar refractivity (Wildman–Crippen MR) is 120 cm³/mol. The number of amides is 2. The third-order valence-electron chi connectivity index (χ3n) is 4.84. The second-order valence-electron chi connectivity index (χ2n) is 7.35. The maximum Gasteiger partial charge on any atom is 0.336 e. The second kappa shape index (κ2) is 11.1. The minimum atomic E-state index is -1.25. The highest BCUT2D eigenvalue weighted by Crippen LogP contribution is 2.31. The number of nitrogens with one attached hydrogen (secondary N) is 1. The topological polar surface area (TPSA) is 91.8 Å². The number of thiazole rings is 1. The van der Waals surface area contributed by atoms with Gasteiger partial charge in [0.05, 0.1) is 4.88 Å². The number of carboxylic acids is 1. The molecule has 0 saturated heterocycles. The third-order valence-corrected chi connectivity index (χ3v) is 5.96. The summed E-state index contributed by atoms with van der Waals surface area (Å²) < 4.78 is 5.45. The van der Waals surface area contributed by atoms with Gasteiger partial charge in [-0.3, -0.25) is 4.90 Å². The number of carbonyl (C=O) groups is 2. The van der Waals surface area contributed by atoms with Crippen LogP contribution in [0.2, 0.25) is 0 Å². The number of rotatable bonds is 11. The lowest BCUT2D eigenvalue weighted by atomic mass is 9.95. The van der Waals surface area contributed by atoms with Crippen LogP contribution in [0, 0.1) is 0 Å². The fourth-order valence-corrected chi connectivity index (χ4v) is 3.89. The summed E-state index contributed by atoms with van der Waals surface area (Å²) in [5.41, 5.74) is 0.597. The van der Waals surface area contributed by atoms with E-state index >= 15 is 0 Å². The van der Waals surface area contributed by atoms with Gasteiger partial charge in [-0.1, -0.05) is 55.4 Å². The first-order chi connectivity index (χ1) is 14.3. The van der Waals surface area contributed by atoms with Crippen LogP contribution in [0.4, 0.5) is 9.93 Å². The van der Waals surface area contributed by atoms with Gasteiger partial charge in [0.15, 0.2) is 10.7 Å². The summed E-state index contributed by atoms with van der Waals surface area (Å²) in [6.45, 7) is 6.50. The number of carbonyl (C=O) groups excluding carboxylic acids is 1. The van der Waals surface area contributed by atoms with Crippen LogP contribution in [0.15, 0.2) is 30.5 Å². The van der Waals surface area contributed by atoms with Gasteiger partial charge in [-0.25, -0.2) is 14.6 Å². The maximum absolute atomic E-state index is 12.3. The van der Waals surface area contributed by atoms with Crippen molar-refractivity contribution in [2.45, 2.75) is 52.1 Å². The number of unbranched alkanes of at least 4 members (excludes halogenated alkanes) is 2. The number of hydrogen-bond acceptors (Lipinski definition) is 5. The van der Waals surface area contributed by atoms with Gasteiger partial charge in [-0.05, 0) is 31.4 Å². The zero-order valence-electron chi connectivity index (χ0n) is 18.1. The summed E-state index contributed by atoms with van der Waals surface area (Å²) in [6.07, 6.45) is 5.21. The highest BCUT2D eigenvalue weighted by molar-refractivity contribution is 7.19. The molecule has 2 N–H and O–H groups in total. The molecule has 8 heteroatoms. The zero-order valence-corrected chi connectivity index (χ0v) is 18.9. The number of aliphatic carboxylic acids is 1. The van der Waals surface area contributed by atoms with Gasteiger partial charge < -0.3 is 15.2 Å². The summed E-state index contributed by atoms with van der Waals surface area (Å²) in [5.74, 6) is -0.975. The molecule has 0 aliphatic rings. The molecular weight excluding hydrogens is 402 g/mol.